The molecule has 1 saturated heterocycles. The van der Waals surface area contributed by atoms with E-state index < -0.39 is 23.3 Å². The summed E-state index contributed by atoms with van der Waals surface area (Å²) in [5.41, 5.74) is -0.0318. The summed E-state index contributed by atoms with van der Waals surface area (Å²) >= 11 is 6.14. The smallest absolute Gasteiger partial charge is 0.416 e. The Morgan fingerprint density at radius 2 is 1.94 bits per heavy atom. The molecule has 2 aromatic carbocycles. The minimum atomic E-state index is -1.26. The lowest BCUT2D eigenvalue weighted by atomic mass is 9.85. The third kappa shape index (κ3) is 4.11. The number of aliphatic hydroxyl groups is 1. The molecule has 0 spiro atoms. The second kappa shape index (κ2) is 8.61. The van der Waals surface area contributed by atoms with E-state index in [9.17, 15) is 18.7 Å². The van der Waals surface area contributed by atoms with E-state index in [4.69, 9.17) is 16.3 Å². The van der Waals surface area contributed by atoms with Crippen LogP contribution in [-0.4, -0.2) is 29.3 Å². The van der Waals surface area contributed by atoms with Gasteiger partial charge in [0.15, 0.2) is 0 Å². The maximum absolute atomic E-state index is 14.5. The van der Waals surface area contributed by atoms with Crippen molar-refractivity contribution in [3.05, 3.63) is 82.9 Å². The topological polar surface area (TPSA) is 62.7 Å². The Morgan fingerprint density at radius 1 is 1.13 bits per heavy atom. The van der Waals surface area contributed by atoms with Crippen LogP contribution >= 0.6 is 11.6 Å². The molecule has 1 N–H and O–H groups in total. The van der Waals surface area contributed by atoms with Crippen molar-refractivity contribution in [2.24, 2.45) is 0 Å². The number of carbonyl (C=O) groups is 1. The Morgan fingerprint density at radius 3 is 2.65 bits per heavy atom. The molecule has 2 heterocycles. The van der Waals surface area contributed by atoms with Gasteiger partial charge in [-0.05, 0) is 36.4 Å². The molecule has 1 aromatic heterocycles. The molecule has 0 aliphatic carbocycles. The van der Waals surface area contributed by atoms with Gasteiger partial charge in [0.2, 0.25) is 0 Å². The van der Waals surface area contributed by atoms with E-state index in [1.54, 1.807) is 36.4 Å². The zero-order chi connectivity index (χ0) is 22.0. The van der Waals surface area contributed by atoms with Gasteiger partial charge in [0.25, 0.3) is 0 Å². The Kier molecular flexibility index (Phi) is 5.89. The summed E-state index contributed by atoms with van der Waals surface area (Å²) in [5, 5.41) is 9.74. The average Bonchev–Trinajstić information content (AvgIpc) is 2.74. The van der Waals surface area contributed by atoms with Crippen molar-refractivity contribution >= 4 is 23.5 Å². The first-order valence-electron chi connectivity index (χ1n) is 9.72. The molecule has 1 fully saturated rings. The van der Waals surface area contributed by atoms with Gasteiger partial charge in [0.1, 0.15) is 23.1 Å². The van der Waals surface area contributed by atoms with Crippen LogP contribution < -0.4 is 4.90 Å². The SMILES string of the molecule is O=C1O[C@@](CCO)(c2ccccc2F)CCN1c1cccc(-c2ccc(F)cc2Cl)n1. The summed E-state index contributed by atoms with van der Waals surface area (Å²) < 4.78 is 33.5. The number of aromatic nitrogens is 1. The summed E-state index contributed by atoms with van der Waals surface area (Å²) in [6.07, 6.45) is -0.354. The first-order valence-corrected chi connectivity index (χ1v) is 10.1. The van der Waals surface area contributed by atoms with Crippen LogP contribution in [0, 0.1) is 11.6 Å². The van der Waals surface area contributed by atoms with Crippen LogP contribution in [0.4, 0.5) is 19.4 Å². The lowest BCUT2D eigenvalue weighted by Gasteiger charge is -2.41. The molecule has 160 valence electrons. The number of halogens is 3. The van der Waals surface area contributed by atoms with Gasteiger partial charge < -0.3 is 9.84 Å². The van der Waals surface area contributed by atoms with Crippen molar-refractivity contribution < 1.29 is 23.4 Å². The summed E-state index contributed by atoms with van der Waals surface area (Å²) in [4.78, 5) is 18.7. The average molecular weight is 445 g/mol. The number of hydrogen-bond acceptors (Lipinski definition) is 4. The van der Waals surface area contributed by atoms with Gasteiger partial charge in [-0.1, -0.05) is 35.9 Å². The van der Waals surface area contributed by atoms with Gasteiger partial charge in [-0.3, -0.25) is 4.90 Å². The zero-order valence-corrected chi connectivity index (χ0v) is 17.1. The van der Waals surface area contributed by atoms with Gasteiger partial charge in [0, 0.05) is 37.1 Å². The second-order valence-corrected chi connectivity index (χ2v) is 7.63. The predicted molar refractivity (Wildman–Crippen MR) is 113 cm³/mol. The van der Waals surface area contributed by atoms with Gasteiger partial charge in [-0.15, -0.1) is 0 Å². The molecule has 31 heavy (non-hydrogen) atoms. The van der Waals surface area contributed by atoms with Crippen LogP contribution in [0.1, 0.15) is 18.4 Å². The van der Waals surface area contributed by atoms with E-state index in [0.717, 1.165) is 0 Å². The Labute approximate surface area is 182 Å². The summed E-state index contributed by atoms with van der Waals surface area (Å²) in [6.45, 7) is -0.0564. The standard InChI is InChI=1S/C23H19ClF2N2O3/c24-18-14-15(25)8-9-16(18)20-6-3-7-21(27-20)28-12-10-23(11-13-29,31-22(28)30)17-4-1-2-5-19(17)26/h1-9,14,29H,10-13H2/t23-/m0/s1. The molecule has 8 heteroatoms. The number of hydrogen-bond donors (Lipinski definition) is 1. The van der Waals surface area contributed by atoms with E-state index in [-0.39, 0.29) is 36.6 Å². The van der Waals surface area contributed by atoms with Crippen LogP contribution in [0.3, 0.4) is 0 Å². The minimum Gasteiger partial charge on any atom is -0.437 e. The maximum atomic E-state index is 14.5. The molecule has 1 aliphatic heterocycles. The quantitative estimate of drug-likeness (QED) is 0.579. The number of anilines is 1. The number of rotatable bonds is 5. The van der Waals surface area contributed by atoms with Crippen molar-refractivity contribution in [3.8, 4) is 11.3 Å². The molecule has 1 amide bonds. The summed E-state index contributed by atoms with van der Waals surface area (Å²) in [6, 6.07) is 15.1. The van der Waals surface area contributed by atoms with Gasteiger partial charge in [-0.2, -0.15) is 0 Å². The molecule has 0 saturated carbocycles. The van der Waals surface area contributed by atoms with Crippen molar-refractivity contribution in [1.82, 2.24) is 4.98 Å². The first kappa shape index (κ1) is 21.2. The number of carbonyl (C=O) groups excluding carboxylic acids is 1. The third-order valence-electron chi connectivity index (χ3n) is 5.34. The number of pyridine rings is 1. The van der Waals surface area contributed by atoms with Crippen LogP contribution in [0.25, 0.3) is 11.3 Å². The number of nitrogens with zero attached hydrogens (tertiary/aromatic N) is 2. The first-order chi connectivity index (χ1) is 14.9. The van der Waals surface area contributed by atoms with E-state index in [1.165, 1.54) is 29.2 Å². The van der Waals surface area contributed by atoms with Crippen LogP contribution in [0.15, 0.2) is 60.7 Å². The van der Waals surface area contributed by atoms with Crippen LogP contribution in [-0.2, 0) is 10.3 Å². The maximum Gasteiger partial charge on any atom is 0.416 e. The largest absolute Gasteiger partial charge is 0.437 e. The van der Waals surface area contributed by atoms with Crippen molar-refractivity contribution in [2.75, 3.05) is 18.1 Å². The lowest BCUT2D eigenvalue weighted by Crippen LogP contribution is -2.49. The molecular formula is C23H19ClF2N2O3. The number of aliphatic hydroxyl groups excluding tert-OH is 1. The molecule has 4 rings (SSSR count). The van der Waals surface area contributed by atoms with E-state index in [0.29, 0.717) is 17.1 Å². The number of amides is 1. The molecule has 0 radical (unpaired) electrons. The third-order valence-corrected chi connectivity index (χ3v) is 5.65. The second-order valence-electron chi connectivity index (χ2n) is 7.22. The van der Waals surface area contributed by atoms with E-state index in [2.05, 4.69) is 4.98 Å². The molecule has 0 bridgehead atoms. The van der Waals surface area contributed by atoms with E-state index >= 15 is 0 Å². The van der Waals surface area contributed by atoms with Crippen molar-refractivity contribution in [3.63, 3.8) is 0 Å². The lowest BCUT2D eigenvalue weighted by molar-refractivity contribution is -0.0281. The molecule has 5 nitrogen and oxygen atoms in total. The fourth-order valence-electron chi connectivity index (χ4n) is 3.80. The number of cyclic esters (lactones) is 1. The van der Waals surface area contributed by atoms with Crippen LogP contribution in [0.5, 0.6) is 0 Å². The zero-order valence-electron chi connectivity index (χ0n) is 16.4. The molecule has 0 unspecified atom stereocenters. The van der Waals surface area contributed by atoms with Gasteiger partial charge in [-0.25, -0.2) is 18.6 Å². The van der Waals surface area contributed by atoms with Gasteiger partial charge >= 0.3 is 6.09 Å². The fourth-order valence-corrected chi connectivity index (χ4v) is 4.06. The van der Waals surface area contributed by atoms with Crippen molar-refractivity contribution in [2.45, 2.75) is 18.4 Å². The number of ether oxygens (including phenoxy) is 1. The number of benzene rings is 2. The Balaban J connectivity index is 1.63. The Hall–Kier alpha value is -3.03. The highest BCUT2D eigenvalue weighted by Crippen LogP contribution is 2.39. The van der Waals surface area contributed by atoms with Gasteiger partial charge in [0.05, 0.1) is 10.7 Å². The minimum absolute atomic E-state index is 0.0756. The highest BCUT2D eigenvalue weighted by molar-refractivity contribution is 6.33. The normalized spacial score (nSPS) is 18.7. The molecule has 1 aliphatic rings. The highest BCUT2D eigenvalue weighted by atomic mass is 35.5. The summed E-state index contributed by atoms with van der Waals surface area (Å²) in [5.74, 6) is -0.629. The Bertz CT molecular complexity index is 1130. The predicted octanol–water partition coefficient (Wildman–Crippen LogP) is 5.30. The molecule has 1 atom stereocenters. The molecule has 3 aromatic rings. The monoisotopic (exact) mass is 444 g/mol. The highest BCUT2D eigenvalue weighted by Gasteiger charge is 2.44. The van der Waals surface area contributed by atoms with E-state index in [1.807, 2.05) is 0 Å². The fraction of sp³-hybridized carbons (Fsp3) is 0.217. The molecular weight excluding hydrogens is 426 g/mol. The summed E-state index contributed by atoms with van der Waals surface area (Å²) in [7, 11) is 0. The van der Waals surface area contributed by atoms with Crippen LogP contribution in [0.2, 0.25) is 5.02 Å². The van der Waals surface area contributed by atoms with Crippen molar-refractivity contribution in [1.29, 1.82) is 0 Å².